The normalized spacial score (nSPS) is 27.8. The number of benzene rings is 1. The highest BCUT2D eigenvalue weighted by molar-refractivity contribution is 6.17. The number of nitrogens with one attached hydrogen (secondary N) is 2. The van der Waals surface area contributed by atoms with Crippen molar-refractivity contribution in [1.82, 2.24) is 15.5 Å². The largest absolute Gasteiger partial charge is 0.356 e. The topological polar surface area (TPSA) is 87.2 Å². The number of aromatic amines is 1. The minimum Gasteiger partial charge on any atom is -0.356 e. The summed E-state index contributed by atoms with van der Waals surface area (Å²) in [6, 6.07) is 3.22. The number of carbonyl (C=O) groups is 2. The number of carbonyl (C=O) groups excluding carboxylic acids is 2. The molecule has 2 amide bonds. The van der Waals surface area contributed by atoms with Gasteiger partial charge in [-0.15, -0.1) is 0 Å². The van der Waals surface area contributed by atoms with E-state index >= 15 is 0 Å². The highest BCUT2D eigenvalue weighted by atomic mass is 19.1. The van der Waals surface area contributed by atoms with Gasteiger partial charge in [-0.05, 0) is 50.8 Å². The van der Waals surface area contributed by atoms with Gasteiger partial charge in [0, 0.05) is 29.1 Å². The fourth-order valence-electron chi connectivity index (χ4n) is 4.34. The molecule has 2 aromatic rings. The van der Waals surface area contributed by atoms with E-state index < -0.39 is 17.2 Å². The smallest absolute Gasteiger partial charge is 0.254 e. The maximum Gasteiger partial charge on any atom is 0.254 e. The highest BCUT2D eigenvalue weighted by Crippen LogP contribution is 2.43. The molecule has 2 N–H and O–H groups in total. The van der Waals surface area contributed by atoms with Gasteiger partial charge in [-0.25, -0.2) is 9.38 Å². The lowest BCUT2D eigenvalue weighted by Gasteiger charge is -2.37. The first-order valence-corrected chi connectivity index (χ1v) is 9.74. The quantitative estimate of drug-likeness (QED) is 0.858. The van der Waals surface area contributed by atoms with E-state index in [9.17, 15) is 14.0 Å². The van der Waals surface area contributed by atoms with Crippen molar-refractivity contribution >= 4 is 28.4 Å². The van der Waals surface area contributed by atoms with Gasteiger partial charge in [0.05, 0.1) is 17.0 Å². The number of halogens is 1. The molecule has 1 aliphatic carbocycles. The predicted molar refractivity (Wildman–Crippen MR) is 103 cm³/mol. The van der Waals surface area contributed by atoms with Crippen LogP contribution in [-0.4, -0.2) is 34.3 Å². The lowest BCUT2D eigenvalue weighted by Crippen LogP contribution is -2.50. The zero-order chi connectivity index (χ0) is 19.5. The molecule has 1 unspecified atom stereocenters. The molecule has 2 fully saturated rings. The van der Waals surface area contributed by atoms with E-state index in [1.54, 1.807) is 12.2 Å². The van der Waals surface area contributed by atoms with Crippen LogP contribution in [0.5, 0.6) is 0 Å². The van der Waals surface area contributed by atoms with Gasteiger partial charge < -0.3 is 5.32 Å². The summed E-state index contributed by atoms with van der Waals surface area (Å²) in [5.74, 6) is -1.09. The molecule has 2 atom stereocenters. The number of aromatic nitrogens is 2. The first-order chi connectivity index (χ1) is 13.5. The highest BCUT2D eigenvalue weighted by Gasteiger charge is 2.46. The van der Waals surface area contributed by atoms with Crippen LogP contribution in [0.4, 0.5) is 4.39 Å². The van der Waals surface area contributed by atoms with Crippen molar-refractivity contribution in [3.63, 3.8) is 0 Å². The second-order valence-corrected chi connectivity index (χ2v) is 8.21. The van der Waals surface area contributed by atoms with Crippen LogP contribution in [0.2, 0.25) is 0 Å². The standard InChI is InChI=1S/C21H21FN4O2/c1-21(7-2-8-23-20(21)28)14-5-6-16(24-19(14)27)12-9-13-17(11-3-4-11)25-26-18(13)15(22)10-12/h5-6,9-11,14H,2-4,7-8H2,1H3,(H,23,28)(H,25,26)/t14?,21-/m1/s1. The second kappa shape index (κ2) is 6.09. The summed E-state index contributed by atoms with van der Waals surface area (Å²) in [5.41, 5.74) is 1.45. The van der Waals surface area contributed by atoms with E-state index in [0.717, 1.165) is 30.3 Å². The number of nitrogens with zero attached hydrogens (tertiary/aromatic N) is 2. The summed E-state index contributed by atoms with van der Waals surface area (Å²) >= 11 is 0. The Morgan fingerprint density at radius 2 is 2.07 bits per heavy atom. The number of amides is 2. The molecule has 0 bridgehead atoms. The number of hydrogen-bond donors (Lipinski definition) is 2. The fourth-order valence-corrected chi connectivity index (χ4v) is 4.34. The number of H-pyrrole nitrogens is 1. The first kappa shape index (κ1) is 17.3. The zero-order valence-corrected chi connectivity index (χ0v) is 15.6. The summed E-state index contributed by atoms with van der Waals surface area (Å²) in [7, 11) is 0. The van der Waals surface area contributed by atoms with Crippen molar-refractivity contribution in [2.24, 2.45) is 16.3 Å². The molecule has 3 aliphatic rings. The van der Waals surface area contributed by atoms with Gasteiger partial charge in [0.25, 0.3) is 5.91 Å². The average Bonchev–Trinajstić information content (AvgIpc) is 3.43. The summed E-state index contributed by atoms with van der Waals surface area (Å²) in [5, 5.41) is 10.7. The van der Waals surface area contributed by atoms with Crippen molar-refractivity contribution in [2.45, 2.75) is 38.5 Å². The minimum atomic E-state index is -0.792. The maximum atomic E-state index is 14.6. The van der Waals surface area contributed by atoms with Crippen LogP contribution < -0.4 is 5.32 Å². The van der Waals surface area contributed by atoms with Crippen LogP contribution in [-0.2, 0) is 9.59 Å². The summed E-state index contributed by atoms with van der Waals surface area (Å²) in [4.78, 5) is 29.4. The van der Waals surface area contributed by atoms with Crippen molar-refractivity contribution in [1.29, 1.82) is 0 Å². The van der Waals surface area contributed by atoms with Gasteiger partial charge >= 0.3 is 0 Å². The van der Waals surface area contributed by atoms with E-state index in [1.807, 2.05) is 13.0 Å². The van der Waals surface area contributed by atoms with Crippen molar-refractivity contribution < 1.29 is 14.0 Å². The van der Waals surface area contributed by atoms with Crippen molar-refractivity contribution in [3.8, 4) is 0 Å². The maximum absolute atomic E-state index is 14.6. The third kappa shape index (κ3) is 2.60. The second-order valence-electron chi connectivity index (χ2n) is 8.21. The molecule has 2 aliphatic heterocycles. The molecule has 1 saturated heterocycles. The van der Waals surface area contributed by atoms with Crippen LogP contribution >= 0.6 is 0 Å². The summed E-state index contributed by atoms with van der Waals surface area (Å²) in [6.07, 6.45) is 7.11. The van der Waals surface area contributed by atoms with E-state index in [-0.39, 0.29) is 11.8 Å². The fraction of sp³-hybridized carbons (Fsp3) is 0.429. The Balaban J connectivity index is 1.50. The van der Waals surface area contributed by atoms with Gasteiger partial charge in [-0.3, -0.25) is 14.7 Å². The molecule has 0 radical (unpaired) electrons. The molecule has 1 aromatic carbocycles. The Hall–Kier alpha value is -2.83. The predicted octanol–water partition coefficient (Wildman–Crippen LogP) is 3.00. The molecular weight excluding hydrogens is 359 g/mol. The number of fused-ring (bicyclic) bond motifs is 1. The lowest BCUT2D eigenvalue weighted by molar-refractivity contribution is -0.140. The molecule has 144 valence electrons. The van der Waals surface area contributed by atoms with Crippen LogP contribution in [0.1, 0.15) is 49.8 Å². The summed E-state index contributed by atoms with van der Waals surface area (Å²) in [6.45, 7) is 2.45. The Labute approximate surface area is 161 Å². The van der Waals surface area contributed by atoms with Crippen molar-refractivity contribution in [3.05, 3.63) is 41.4 Å². The van der Waals surface area contributed by atoms with Gasteiger partial charge in [-0.2, -0.15) is 5.10 Å². The van der Waals surface area contributed by atoms with Crippen LogP contribution in [0.25, 0.3) is 10.9 Å². The molecule has 6 nitrogen and oxygen atoms in total. The van der Waals surface area contributed by atoms with E-state index in [4.69, 9.17) is 0 Å². The Bertz CT molecular complexity index is 1070. The average molecular weight is 380 g/mol. The third-order valence-corrected chi connectivity index (χ3v) is 6.23. The molecular formula is C21H21FN4O2. The number of piperidine rings is 1. The first-order valence-electron chi connectivity index (χ1n) is 9.74. The number of rotatable bonds is 3. The Morgan fingerprint density at radius 1 is 1.25 bits per heavy atom. The summed E-state index contributed by atoms with van der Waals surface area (Å²) < 4.78 is 14.6. The molecule has 3 heterocycles. The van der Waals surface area contributed by atoms with E-state index in [1.165, 1.54) is 6.07 Å². The molecule has 1 aromatic heterocycles. The van der Waals surface area contributed by atoms with Crippen LogP contribution in [0, 0.1) is 17.2 Å². The SMILES string of the molecule is C[C@]1(C2C=CC(c3cc(F)c4n[nH]c(C5CC5)c4c3)=NC2=O)CCCNC1=O. The zero-order valence-electron chi connectivity index (χ0n) is 15.6. The van der Waals surface area contributed by atoms with Gasteiger partial charge in [0.15, 0.2) is 5.82 Å². The van der Waals surface area contributed by atoms with E-state index in [2.05, 4.69) is 20.5 Å². The van der Waals surface area contributed by atoms with Gasteiger partial charge in [0.2, 0.25) is 5.91 Å². The van der Waals surface area contributed by atoms with E-state index in [0.29, 0.717) is 35.7 Å². The monoisotopic (exact) mass is 380 g/mol. The Kier molecular flexibility index (Phi) is 3.76. The minimum absolute atomic E-state index is 0.111. The lowest BCUT2D eigenvalue weighted by atomic mass is 9.70. The number of hydrogen-bond acceptors (Lipinski definition) is 3. The molecule has 28 heavy (non-hydrogen) atoms. The molecule has 5 rings (SSSR count). The van der Waals surface area contributed by atoms with Gasteiger partial charge in [0.1, 0.15) is 5.52 Å². The van der Waals surface area contributed by atoms with Crippen molar-refractivity contribution in [2.75, 3.05) is 6.54 Å². The molecule has 0 spiro atoms. The number of allylic oxidation sites excluding steroid dienone is 1. The molecule has 7 heteroatoms. The number of aliphatic imine (C=N–C) groups is 1. The number of dihydropyridines is 1. The Morgan fingerprint density at radius 3 is 2.79 bits per heavy atom. The van der Waals surface area contributed by atoms with Crippen LogP contribution in [0.15, 0.2) is 29.3 Å². The molecule has 1 saturated carbocycles. The van der Waals surface area contributed by atoms with Crippen LogP contribution in [0.3, 0.4) is 0 Å². The third-order valence-electron chi connectivity index (χ3n) is 6.23. The van der Waals surface area contributed by atoms with Gasteiger partial charge in [-0.1, -0.05) is 6.08 Å².